The molecule has 0 saturated heterocycles. The highest BCUT2D eigenvalue weighted by molar-refractivity contribution is 9.10. The van der Waals surface area contributed by atoms with Crippen LogP contribution < -0.4 is 5.32 Å². The highest BCUT2D eigenvalue weighted by Gasteiger charge is 2.11. The van der Waals surface area contributed by atoms with E-state index in [0.717, 1.165) is 17.4 Å². The Morgan fingerprint density at radius 1 is 1.00 bits per heavy atom. The number of likely N-dealkylation sites (N-methyl/N-ethyl adjacent to an activating group) is 1. The van der Waals surface area contributed by atoms with Gasteiger partial charge in [0.1, 0.15) is 0 Å². The summed E-state index contributed by atoms with van der Waals surface area (Å²) in [7, 11) is 0. The summed E-state index contributed by atoms with van der Waals surface area (Å²) in [6.07, 6.45) is 1.02. The number of aryl methyl sites for hydroxylation is 2. The first-order chi connectivity index (χ1) is 9.60. The van der Waals surface area contributed by atoms with Gasteiger partial charge < -0.3 is 5.32 Å². The second kappa shape index (κ2) is 7.05. The fraction of sp³-hybridized carbons (Fsp3) is 0.333. The zero-order chi connectivity index (χ0) is 14.5. The van der Waals surface area contributed by atoms with E-state index in [-0.39, 0.29) is 0 Å². The lowest BCUT2D eigenvalue weighted by Crippen LogP contribution is -2.23. The average molecular weight is 332 g/mol. The van der Waals surface area contributed by atoms with Crippen LogP contribution in [-0.2, 0) is 6.42 Å². The van der Waals surface area contributed by atoms with Gasteiger partial charge in [0.15, 0.2) is 0 Å². The molecule has 0 bridgehead atoms. The second-order valence-corrected chi connectivity index (χ2v) is 6.20. The van der Waals surface area contributed by atoms with Crippen molar-refractivity contribution in [1.82, 2.24) is 5.32 Å². The first kappa shape index (κ1) is 15.3. The molecule has 2 aromatic carbocycles. The van der Waals surface area contributed by atoms with E-state index >= 15 is 0 Å². The number of rotatable bonds is 5. The molecule has 2 heteroatoms. The van der Waals surface area contributed by atoms with E-state index < -0.39 is 0 Å². The van der Waals surface area contributed by atoms with E-state index in [2.05, 4.69) is 84.5 Å². The van der Waals surface area contributed by atoms with Crippen LogP contribution in [0.4, 0.5) is 0 Å². The molecule has 1 atom stereocenters. The van der Waals surface area contributed by atoms with Crippen molar-refractivity contribution in [3.05, 3.63) is 69.2 Å². The normalized spacial score (nSPS) is 12.4. The zero-order valence-corrected chi connectivity index (χ0v) is 14.0. The largest absolute Gasteiger partial charge is 0.310 e. The van der Waals surface area contributed by atoms with Gasteiger partial charge in [-0.2, -0.15) is 0 Å². The van der Waals surface area contributed by atoms with Gasteiger partial charge in [0.25, 0.3) is 0 Å². The molecule has 0 heterocycles. The third-order valence-corrected chi connectivity index (χ3v) is 4.26. The Hall–Kier alpha value is -1.12. The summed E-state index contributed by atoms with van der Waals surface area (Å²) in [5.74, 6) is 0. The van der Waals surface area contributed by atoms with Crippen LogP contribution in [0.1, 0.15) is 35.2 Å². The molecule has 1 unspecified atom stereocenters. The summed E-state index contributed by atoms with van der Waals surface area (Å²) in [5, 5.41) is 3.59. The van der Waals surface area contributed by atoms with Crippen LogP contribution in [0.5, 0.6) is 0 Å². The second-order valence-electron chi connectivity index (χ2n) is 5.28. The van der Waals surface area contributed by atoms with E-state index in [1.807, 2.05) is 0 Å². The Labute approximate surface area is 130 Å². The predicted molar refractivity (Wildman–Crippen MR) is 90.2 cm³/mol. The van der Waals surface area contributed by atoms with Gasteiger partial charge in [0, 0.05) is 10.5 Å². The lowest BCUT2D eigenvalue weighted by atomic mass is 9.96. The molecule has 0 fully saturated rings. The molecule has 0 saturated carbocycles. The average Bonchev–Trinajstić information content (AvgIpc) is 2.43. The van der Waals surface area contributed by atoms with Crippen molar-refractivity contribution in [2.24, 2.45) is 0 Å². The summed E-state index contributed by atoms with van der Waals surface area (Å²) in [6.45, 7) is 7.48. The molecule has 0 aromatic heterocycles. The fourth-order valence-corrected chi connectivity index (χ4v) is 2.68. The molecule has 2 aromatic rings. The molecule has 0 spiro atoms. The van der Waals surface area contributed by atoms with Gasteiger partial charge in [-0.1, -0.05) is 53.2 Å². The van der Waals surface area contributed by atoms with Gasteiger partial charge in [-0.3, -0.25) is 0 Å². The van der Waals surface area contributed by atoms with Gasteiger partial charge >= 0.3 is 0 Å². The summed E-state index contributed by atoms with van der Waals surface area (Å²) in [4.78, 5) is 0. The highest BCUT2D eigenvalue weighted by Crippen LogP contribution is 2.22. The molecule has 2 rings (SSSR count). The van der Waals surface area contributed by atoms with Crippen LogP contribution in [0.25, 0.3) is 0 Å². The summed E-state index contributed by atoms with van der Waals surface area (Å²) in [6, 6.07) is 15.7. The fourth-order valence-electron chi connectivity index (χ4n) is 2.42. The Bertz CT molecular complexity index is 560. The van der Waals surface area contributed by atoms with Crippen molar-refractivity contribution >= 4 is 15.9 Å². The Morgan fingerprint density at radius 3 is 2.30 bits per heavy atom. The Kier molecular flexibility index (Phi) is 5.38. The van der Waals surface area contributed by atoms with Crippen molar-refractivity contribution < 1.29 is 0 Å². The van der Waals surface area contributed by atoms with Gasteiger partial charge in [-0.05, 0) is 61.2 Å². The zero-order valence-electron chi connectivity index (χ0n) is 12.4. The summed E-state index contributed by atoms with van der Waals surface area (Å²) >= 11 is 3.50. The van der Waals surface area contributed by atoms with Gasteiger partial charge in [-0.15, -0.1) is 0 Å². The predicted octanol–water partition coefficient (Wildman–Crippen LogP) is 4.96. The molecular weight excluding hydrogens is 310 g/mol. The molecule has 0 aliphatic rings. The lowest BCUT2D eigenvalue weighted by molar-refractivity contribution is 0.549. The number of benzene rings is 2. The number of hydrogen-bond acceptors (Lipinski definition) is 1. The maximum absolute atomic E-state index is 3.59. The molecular formula is C18H22BrN. The number of hydrogen-bond donors (Lipinski definition) is 1. The van der Waals surface area contributed by atoms with Crippen molar-refractivity contribution in [3.63, 3.8) is 0 Å². The van der Waals surface area contributed by atoms with Gasteiger partial charge in [0.05, 0.1) is 0 Å². The molecule has 0 radical (unpaired) electrons. The SMILES string of the molecule is CCNC(Cc1ccc(C)c(C)c1)c1ccc(Br)cc1. The van der Waals surface area contributed by atoms with E-state index in [0.29, 0.717) is 6.04 Å². The molecule has 1 N–H and O–H groups in total. The molecule has 20 heavy (non-hydrogen) atoms. The smallest absolute Gasteiger partial charge is 0.0360 e. The standard InChI is InChI=1S/C18H22BrN/c1-4-20-18(16-7-9-17(19)10-8-16)12-15-6-5-13(2)14(3)11-15/h5-11,18,20H,4,12H2,1-3H3. The first-order valence-electron chi connectivity index (χ1n) is 7.15. The van der Waals surface area contributed by atoms with E-state index in [9.17, 15) is 0 Å². The van der Waals surface area contributed by atoms with Crippen molar-refractivity contribution in [2.75, 3.05) is 6.54 Å². The monoisotopic (exact) mass is 331 g/mol. The minimum Gasteiger partial charge on any atom is -0.310 e. The molecule has 0 aliphatic carbocycles. The minimum absolute atomic E-state index is 0.371. The minimum atomic E-state index is 0.371. The molecule has 0 aliphatic heterocycles. The van der Waals surface area contributed by atoms with Gasteiger partial charge in [-0.25, -0.2) is 0 Å². The van der Waals surface area contributed by atoms with E-state index in [4.69, 9.17) is 0 Å². The lowest BCUT2D eigenvalue weighted by Gasteiger charge is -2.19. The Balaban J connectivity index is 2.20. The van der Waals surface area contributed by atoms with Crippen molar-refractivity contribution in [1.29, 1.82) is 0 Å². The Morgan fingerprint density at radius 2 is 1.70 bits per heavy atom. The van der Waals surface area contributed by atoms with Crippen LogP contribution in [0.15, 0.2) is 46.9 Å². The van der Waals surface area contributed by atoms with Gasteiger partial charge in [0.2, 0.25) is 0 Å². The quantitative estimate of drug-likeness (QED) is 0.816. The summed E-state index contributed by atoms with van der Waals surface area (Å²) in [5.41, 5.74) is 5.46. The van der Waals surface area contributed by atoms with Crippen LogP contribution in [0, 0.1) is 13.8 Å². The van der Waals surface area contributed by atoms with Crippen molar-refractivity contribution in [2.45, 2.75) is 33.2 Å². The third-order valence-electron chi connectivity index (χ3n) is 3.73. The van der Waals surface area contributed by atoms with E-state index in [1.54, 1.807) is 0 Å². The third kappa shape index (κ3) is 3.94. The van der Waals surface area contributed by atoms with Crippen LogP contribution in [0.3, 0.4) is 0 Å². The topological polar surface area (TPSA) is 12.0 Å². The highest BCUT2D eigenvalue weighted by atomic mass is 79.9. The summed E-state index contributed by atoms with van der Waals surface area (Å²) < 4.78 is 1.13. The molecule has 106 valence electrons. The number of halogens is 1. The first-order valence-corrected chi connectivity index (χ1v) is 7.94. The van der Waals surface area contributed by atoms with Crippen molar-refractivity contribution in [3.8, 4) is 0 Å². The van der Waals surface area contributed by atoms with Crippen LogP contribution in [0.2, 0.25) is 0 Å². The molecule has 0 amide bonds. The van der Waals surface area contributed by atoms with Crippen LogP contribution >= 0.6 is 15.9 Å². The maximum atomic E-state index is 3.59. The maximum Gasteiger partial charge on any atom is 0.0360 e. The van der Waals surface area contributed by atoms with E-state index in [1.165, 1.54) is 22.3 Å². The molecule has 1 nitrogen and oxygen atoms in total. The van der Waals surface area contributed by atoms with Crippen LogP contribution in [-0.4, -0.2) is 6.54 Å². The number of nitrogens with one attached hydrogen (secondary N) is 1.